The van der Waals surface area contributed by atoms with Crippen molar-refractivity contribution in [2.75, 3.05) is 14.2 Å². The molecule has 174 valence electrons. The second kappa shape index (κ2) is 10.8. The number of Topliss-reactive ketones (excluding diaryl/α,β-unsaturated/α-hetero) is 1. The molecule has 0 unspecified atom stereocenters. The minimum absolute atomic E-state index is 0.222. The monoisotopic (exact) mass is 458 g/mol. The molecule has 0 amide bonds. The summed E-state index contributed by atoms with van der Waals surface area (Å²) < 4.78 is 22.6. The minimum Gasteiger partial charge on any atom is -0.497 e. The standard InChI is InChI=1S/C28H26O6/c1-31-21-15-16-23(32-2)22(18-21)25(29)28(26(30)24-14-9-17-33-24)34-27(19-10-5-3-6-11-19)20-12-7-4-8-13-20/h3-18,26-28,30H,1-2H3/t26-,28-/m1/s1. The van der Waals surface area contributed by atoms with Crippen LogP contribution in [0, 0.1) is 0 Å². The van der Waals surface area contributed by atoms with Crippen LogP contribution in [-0.4, -0.2) is 31.2 Å². The molecule has 0 aliphatic carbocycles. The maximum atomic E-state index is 13.9. The average molecular weight is 459 g/mol. The zero-order valence-corrected chi connectivity index (χ0v) is 19.0. The van der Waals surface area contributed by atoms with Crippen molar-refractivity contribution >= 4 is 5.78 Å². The Morgan fingerprint density at radius 1 is 0.824 bits per heavy atom. The van der Waals surface area contributed by atoms with Crippen LogP contribution in [0.3, 0.4) is 0 Å². The van der Waals surface area contributed by atoms with Gasteiger partial charge in [0.05, 0.1) is 26.0 Å². The number of aliphatic hydroxyl groups is 1. The Labute approximate surface area is 198 Å². The van der Waals surface area contributed by atoms with Gasteiger partial charge in [-0.3, -0.25) is 4.79 Å². The van der Waals surface area contributed by atoms with Crippen LogP contribution in [-0.2, 0) is 4.74 Å². The number of benzene rings is 3. The van der Waals surface area contributed by atoms with Gasteiger partial charge in [-0.15, -0.1) is 0 Å². The van der Waals surface area contributed by atoms with E-state index >= 15 is 0 Å². The number of aliphatic hydroxyl groups excluding tert-OH is 1. The summed E-state index contributed by atoms with van der Waals surface area (Å²) in [5.74, 6) is 0.594. The first-order valence-corrected chi connectivity index (χ1v) is 10.9. The van der Waals surface area contributed by atoms with Crippen molar-refractivity contribution in [2.45, 2.75) is 18.3 Å². The molecule has 2 atom stereocenters. The Morgan fingerprint density at radius 2 is 1.47 bits per heavy atom. The minimum atomic E-state index is -1.35. The van der Waals surface area contributed by atoms with Gasteiger partial charge >= 0.3 is 0 Å². The van der Waals surface area contributed by atoms with Crippen LogP contribution in [0.1, 0.15) is 39.5 Å². The smallest absolute Gasteiger partial charge is 0.198 e. The molecule has 1 N–H and O–H groups in total. The Morgan fingerprint density at radius 3 is 2.00 bits per heavy atom. The lowest BCUT2D eigenvalue weighted by atomic mass is 9.97. The molecule has 4 rings (SSSR count). The normalized spacial score (nSPS) is 12.8. The molecule has 0 saturated carbocycles. The van der Waals surface area contributed by atoms with Crippen LogP contribution in [0.2, 0.25) is 0 Å². The van der Waals surface area contributed by atoms with Gasteiger partial charge in [-0.1, -0.05) is 60.7 Å². The summed E-state index contributed by atoms with van der Waals surface area (Å²) in [7, 11) is 3.00. The molecule has 0 aliphatic rings. The maximum Gasteiger partial charge on any atom is 0.198 e. The van der Waals surface area contributed by atoms with Crippen molar-refractivity contribution in [2.24, 2.45) is 0 Å². The number of carbonyl (C=O) groups is 1. The van der Waals surface area contributed by atoms with Gasteiger partial charge < -0.3 is 23.7 Å². The quantitative estimate of drug-likeness (QED) is 0.321. The van der Waals surface area contributed by atoms with Gasteiger partial charge in [-0.05, 0) is 41.5 Å². The lowest BCUT2D eigenvalue weighted by Crippen LogP contribution is -2.33. The zero-order valence-electron chi connectivity index (χ0n) is 19.0. The van der Waals surface area contributed by atoms with E-state index in [2.05, 4.69) is 0 Å². The highest BCUT2D eigenvalue weighted by Crippen LogP contribution is 2.35. The summed E-state index contributed by atoms with van der Waals surface area (Å²) in [6.07, 6.45) is -1.82. The molecule has 4 aromatic rings. The zero-order chi connectivity index (χ0) is 23.9. The average Bonchev–Trinajstić information content (AvgIpc) is 3.44. The molecule has 0 bridgehead atoms. The second-order valence-corrected chi connectivity index (χ2v) is 7.65. The molecule has 34 heavy (non-hydrogen) atoms. The van der Waals surface area contributed by atoms with Gasteiger partial charge in [0.2, 0.25) is 0 Å². The number of hydrogen-bond donors (Lipinski definition) is 1. The van der Waals surface area contributed by atoms with Crippen LogP contribution >= 0.6 is 0 Å². The number of furan rings is 1. The fraction of sp³-hybridized carbons (Fsp3) is 0.179. The van der Waals surface area contributed by atoms with Gasteiger partial charge in [0.25, 0.3) is 0 Å². The van der Waals surface area contributed by atoms with Crippen LogP contribution in [0.25, 0.3) is 0 Å². The van der Waals surface area contributed by atoms with Crippen LogP contribution in [0.15, 0.2) is 102 Å². The fourth-order valence-corrected chi connectivity index (χ4v) is 3.80. The lowest BCUT2D eigenvalue weighted by molar-refractivity contribution is -0.0553. The van der Waals surface area contributed by atoms with E-state index in [0.717, 1.165) is 11.1 Å². The summed E-state index contributed by atoms with van der Waals surface area (Å²) in [5.41, 5.74) is 1.92. The van der Waals surface area contributed by atoms with Gasteiger partial charge in [0.1, 0.15) is 29.5 Å². The van der Waals surface area contributed by atoms with Gasteiger partial charge in [-0.25, -0.2) is 0 Å². The summed E-state index contributed by atoms with van der Waals surface area (Å²) in [5, 5.41) is 11.2. The predicted octanol–water partition coefficient (Wildman–Crippen LogP) is 5.39. The SMILES string of the molecule is COc1ccc(OC)c(C(=O)[C@@H](OC(c2ccccc2)c2ccccc2)[C@H](O)c2ccco2)c1. The van der Waals surface area contributed by atoms with Gasteiger partial charge in [-0.2, -0.15) is 0 Å². The molecule has 3 aromatic carbocycles. The number of ether oxygens (including phenoxy) is 3. The third kappa shape index (κ3) is 5.03. The number of methoxy groups -OCH3 is 2. The Kier molecular flexibility index (Phi) is 7.42. The molecule has 0 spiro atoms. The third-order valence-electron chi connectivity index (χ3n) is 5.54. The van der Waals surface area contributed by atoms with E-state index in [1.807, 2.05) is 60.7 Å². The van der Waals surface area contributed by atoms with Crippen molar-refractivity contribution in [3.8, 4) is 11.5 Å². The van der Waals surface area contributed by atoms with E-state index in [-0.39, 0.29) is 11.3 Å². The van der Waals surface area contributed by atoms with E-state index in [1.165, 1.54) is 20.5 Å². The van der Waals surface area contributed by atoms with E-state index in [9.17, 15) is 9.90 Å². The first kappa shape index (κ1) is 23.3. The molecule has 0 radical (unpaired) electrons. The lowest BCUT2D eigenvalue weighted by Gasteiger charge is -2.28. The number of hydrogen-bond acceptors (Lipinski definition) is 6. The third-order valence-corrected chi connectivity index (χ3v) is 5.54. The number of rotatable bonds is 10. The molecule has 0 fully saturated rings. The van der Waals surface area contributed by atoms with Crippen molar-refractivity contribution in [3.05, 3.63) is 120 Å². The highest BCUT2D eigenvalue weighted by molar-refractivity contribution is 6.02. The highest BCUT2D eigenvalue weighted by Gasteiger charge is 2.36. The largest absolute Gasteiger partial charge is 0.497 e. The topological polar surface area (TPSA) is 78.1 Å². The van der Waals surface area contributed by atoms with Gasteiger partial charge in [0.15, 0.2) is 11.9 Å². The van der Waals surface area contributed by atoms with Crippen LogP contribution < -0.4 is 9.47 Å². The molecular formula is C28H26O6. The molecule has 1 aromatic heterocycles. The number of ketones is 1. The van der Waals surface area contributed by atoms with Crippen molar-refractivity contribution < 1.29 is 28.5 Å². The highest BCUT2D eigenvalue weighted by atomic mass is 16.5. The molecule has 1 heterocycles. The summed E-state index contributed by atoms with van der Waals surface area (Å²) in [6, 6.07) is 27.3. The van der Waals surface area contributed by atoms with E-state index in [1.54, 1.807) is 30.3 Å². The van der Waals surface area contributed by atoms with Crippen molar-refractivity contribution in [1.29, 1.82) is 0 Å². The predicted molar refractivity (Wildman–Crippen MR) is 127 cm³/mol. The summed E-state index contributed by atoms with van der Waals surface area (Å²) in [6.45, 7) is 0. The van der Waals surface area contributed by atoms with E-state index in [4.69, 9.17) is 18.6 Å². The Hall–Kier alpha value is -3.87. The first-order chi connectivity index (χ1) is 16.6. The fourth-order valence-electron chi connectivity index (χ4n) is 3.80. The molecule has 0 aliphatic heterocycles. The molecule has 6 heteroatoms. The molecule has 6 nitrogen and oxygen atoms in total. The van der Waals surface area contributed by atoms with E-state index < -0.39 is 24.1 Å². The summed E-state index contributed by atoms with van der Waals surface area (Å²) >= 11 is 0. The molecular weight excluding hydrogens is 432 g/mol. The first-order valence-electron chi connectivity index (χ1n) is 10.9. The van der Waals surface area contributed by atoms with Crippen LogP contribution in [0.4, 0.5) is 0 Å². The van der Waals surface area contributed by atoms with Gasteiger partial charge in [0, 0.05) is 0 Å². The van der Waals surface area contributed by atoms with Crippen molar-refractivity contribution in [3.63, 3.8) is 0 Å². The Bertz CT molecular complexity index is 1150. The number of carbonyl (C=O) groups excluding carboxylic acids is 1. The van der Waals surface area contributed by atoms with E-state index in [0.29, 0.717) is 11.5 Å². The summed E-state index contributed by atoms with van der Waals surface area (Å²) in [4.78, 5) is 13.9. The van der Waals surface area contributed by atoms with Crippen LogP contribution in [0.5, 0.6) is 11.5 Å². The Balaban J connectivity index is 1.79. The second-order valence-electron chi connectivity index (χ2n) is 7.65. The maximum absolute atomic E-state index is 13.9. The molecule has 0 saturated heterocycles. The van der Waals surface area contributed by atoms with Crippen molar-refractivity contribution in [1.82, 2.24) is 0 Å².